The van der Waals surface area contributed by atoms with Crippen LogP contribution in [0.25, 0.3) is 0 Å². The van der Waals surface area contributed by atoms with E-state index in [0.717, 1.165) is 12.8 Å². The average Bonchev–Trinajstić information content (AvgIpc) is 2.26. The van der Waals surface area contributed by atoms with Gasteiger partial charge in [-0.3, -0.25) is 0 Å². The Morgan fingerprint density at radius 1 is 1.55 bits per heavy atom. The van der Waals surface area contributed by atoms with Crippen molar-refractivity contribution in [3.05, 3.63) is 0 Å². The van der Waals surface area contributed by atoms with Crippen molar-refractivity contribution in [1.29, 1.82) is 5.26 Å². The minimum atomic E-state index is -2.74. The predicted octanol–water partition coefficient (Wildman–Crippen LogP) is 0.725. The van der Waals surface area contributed by atoms with Crippen molar-refractivity contribution in [2.24, 2.45) is 5.92 Å². The van der Waals surface area contributed by atoms with Crippen LogP contribution in [0.15, 0.2) is 0 Å². The molecule has 0 aromatic carbocycles. The number of sulfone groups is 1. The molecular formula is C7H11NO2S. The highest BCUT2D eigenvalue weighted by Gasteiger charge is 2.26. The third-order valence-electron chi connectivity index (χ3n) is 1.99. The maximum atomic E-state index is 10.9. The van der Waals surface area contributed by atoms with Crippen molar-refractivity contribution in [1.82, 2.24) is 0 Å². The summed E-state index contributed by atoms with van der Waals surface area (Å²) in [6.45, 7) is 0. The topological polar surface area (TPSA) is 57.9 Å². The minimum absolute atomic E-state index is 0.250. The van der Waals surface area contributed by atoms with Crippen LogP contribution in [-0.2, 0) is 9.84 Å². The molecule has 1 heterocycles. The van der Waals surface area contributed by atoms with Gasteiger partial charge in [-0.1, -0.05) is 0 Å². The Morgan fingerprint density at radius 2 is 2.27 bits per heavy atom. The standard InChI is InChI=1S/C7H11NO2S/c8-4-1-2-7-3-5-11(9,10)6-7/h7H,1-3,5-6H2/t7-/m1/s1. The molecule has 0 amide bonds. The summed E-state index contributed by atoms with van der Waals surface area (Å²) in [4.78, 5) is 0. The first-order valence-electron chi connectivity index (χ1n) is 3.71. The molecule has 3 nitrogen and oxygen atoms in total. The number of hydrogen-bond donors (Lipinski definition) is 0. The van der Waals surface area contributed by atoms with Crippen molar-refractivity contribution in [3.8, 4) is 6.07 Å². The highest BCUT2D eigenvalue weighted by atomic mass is 32.2. The third-order valence-corrected chi connectivity index (χ3v) is 3.83. The molecule has 0 unspecified atom stereocenters. The lowest BCUT2D eigenvalue weighted by atomic mass is 10.0. The van der Waals surface area contributed by atoms with Gasteiger partial charge in [-0.15, -0.1) is 0 Å². The molecule has 1 saturated heterocycles. The van der Waals surface area contributed by atoms with E-state index in [9.17, 15) is 8.42 Å². The van der Waals surface area contributed by atoms with Crippen molar-refractivity contribution in [3.63, 3.8) is 0 Å². The second-order valence-electron chi connectivity index (χ2n) is 2.97. The number of rotatable bonds is 2. The molecule has 0 aromatic heterocycles. The molecule has 0 N–H and O–H groups in total. The summed E-state index contributed by atoms with van der Waals surface area (Å²) in [7, 11) is -2.74. The van der Waals surface area contributed by atoms with Gasteiger partial charge < -0.3 is 0 Å². The fourth-order valence-corrected chi connectivity index (χ4v) is 3.28. The van der Waals surface area contributed by atoms with Gasteiger partial charge in [0.05, 0.1) is 17.6 Å². The van der Waals surface area contributed by atoms with Crippen LogP contribution in [0.3, 0.4) is 0 Å². The van der Waals surface area contributed by atoms with E-state index >= 15 is 0 Å². The van der Waals surface area contributed by atoms with E-state index in [-0.39, 0.29) is 5.92 Å². The molecule has 1 rings (SSSR count). The van der Waals surface area contributed by atoms with Gasteiger partial charge in [-0.25, -0.2) is 8.42 Å². The van der Waals surface area contributed by atoms with Crippen LogP contribution in [-0.4, -0.2) is 19.9 Å². The summed E-state index contributed by atoms with van der Waals surface area (Å²) in [5.41, 5.74) is 0. The van der Waals surface area contributed by atoms with Crippen molar-refractivity contribution in [2.75, 3.05) is 11.5 Å². The Kier molecular flexibility index (Phi) is 2.50. The molecule has 0 aliphatic carbocycles. The van der Waals surface area contributed by atoms with Gasteiger partial charge in [0.25, 0.3) is 0 Å². The van der Waals surface area contributed by atoms with Crippen LogP contribution in [0.1, 0.15) is 19.3 Å². The van der Waals surface area contributed by atoms with Gasteiger partial charge in [-0.05, 0) is 18.8 Å². The average molecular weight is 173 g/mol. The quantitative estimate of drug-likeness (QED) is 0.618. The smallest absolute Gasteiger partial charge is 0.150 e. The molecule has 1 atom stereocenters. The SMILES string of the molecule is N#CCC[C@@H]1CCS(=O)(=O)C1. The Balaban J connectivity index is 2.38. The molecule has 0 saturated carbocycles. The summed E-state index contributed by atoms with van der Waals surface area (Å²) in [5, 5.41) is 8.26. The monoisotopic (exact) mass is 173 g/mol. The first-order chi connectivity index (χ1) is 5.14. The molecule has 1 aliphatic rings. The molecule has 0 bridgehead atoms. The van der Waals surface area contributed by atoms with Gasteiger partial charge >= 0.3 is 0 Å². The highest BCUT2D eigenvalue weighted by molar-refractivity contribution is 7.91. The zero-order valence-electron chi connectivity index (χ0n) is 6.28. The van der Waals surface area contributed by atoms with E-state index in [1.54, 1.807) is 0 Å². The zero-order valence-corrected chi connectivity index (χ0v) is 7.10. The molecule has 0 spiro atoms. The Labute approximate surface area is 66.9 Å². The summed E-state index contributed by atoms with van der Waals surface area (Å²) in [5.74, 6) is 0.872. The molecule has 1 fully saturated rings. The summed E-state index contributed by atoms with van der Waals surface area (Å²) >= 11 is 0. The summed E-state index contributed by atoms with van der Waals surface area (Å²) in [6.07, 6.45) is 1.99. The molecule has 62 valence electrons. The Hall–Kier alpha value is -0.560. The van der Waals surface area contributed by atoms with E-state index in [4.69, 9.17) is 5.26 Å². The van der Waals surface area contributed by atoms with Crippen molar-refractivity contribution < 1.29 is 8.42 Å². The van der Waals surface area contributed by atoms with Gasteiger partial charge in [-0.2, -0.15) is 5.26 Å². The Morgan fingerprint density at radius 3 is 2.73 bits per heavy atom. The lowest BCUT2D eigenvalue weighted by Gasteiger charge is -2.00. The normalized spacial score (nSPS) is 28.1. The largest absolute Gasteiger partial charge is 0.229 e. The maximum absolute atomic E-state index is 10.9. The second kappa shape index (κ2) is 3.22. The third kappa shape index (κ3) is 2.51. The van der Waals surface area contributed by atoms with Crippen LogP contribution < -0.4 is 0 Å². The van der Waals surface area contributed by atoms with E-state index < -0.39 is 9.84 Å². The van der Waals surface area contributed by atoms with Gasteiger partial charge in [0, 0.05) is 6.42 Å². The Bertz CT molecular complexity index is 263. The molecule has 0 radical (unpaired) electrons. The molecule has 0 aromatic rings. The van der Waals surface area contributed by atoms with E-state index in [0.29, 0.717) is 17.9 Å². The van der Waals surface area contributed by atoms with Gasteiger partial charge in [0.2, 0.25) is 0 Å². The van der Waals surface area contributed by atoms with Crippen LogP contribution in [0.5, 0.6) is 0 Å². The van der Waals surface area contributed by atoms with E-state index in [2.05, 4.69) is 0 Å². The molecule has 11 heavy (non-hydrogen) atoms. The van der Waals surface area contributed by atoms with Crippen LogP contribution in [0.2, 0.25) is 0 Å². The molecule has 1 aliphatic heterocycles. The first-order valence-corrected chi connectivity index (χ1v) is 5.53. The first kappa shape index (κ1) is 8.54. The van der Waals surface area contributed by atoms with E-state index in [1.165, 1.54) is 0 Å². The lowest BCUT2D eigenvalue weighted by Crippen LogP contribution is -2.04. The fourth-order valence-electron chi connectivity index (χ4n) is 1.37. The van der Waals surface area contributed by atoms with Crippen molar-refractivity contribution >= 4 is 9.84 Å². The minimum Gasteiger partial charge on any atom is -0.229 e. The van der Waals surface area contributed by atoms with Crippen LogP contribution in [0.4, 0.5) is 0 Å². The summed E-state index contributed by atoms with van der Waals surface area (Å²) in [6, 6.07) is 2.03. The number of nitrogens with zero attached hydrogens (tertiary/aromatic N) is 1. The summed E-state index contributed by atoms with van der Waals surface area (Å²) < 4.78 is 21.8. The predicted molar refractivity (Wildman–Crippen MR) is 41.6 cm³/mol. The highest BCUT2D eigenvalue weighted by Crippen LogP contribution is 2.22. The van der Waals surface area contributed by atoms with Crippen LogP contribution in [0, 0.1) is 17.2 Å². The van der Waals surface area contributed by atoms with Crippen LogP contribution >= 0.6 is 0 Å². The second-order valence-corrected chi connectivity index (χ2v) is 5.19. The number of hydrogen-bond acceptors (Lipinski definition) is 3. The zero-order chi connectivity index (χ0) is 8.32. The molecule has 4 heteroatoms. The van der Waals surface area contributed by atoms with Gasteiger partial charge in [0.15, 0.2) is 9.84 Å². The van der Waals surface area contributed by atoms with Crippen molar-refractivity contribution in [2.45, 2.75) is 19.3 Å². The number of nitriles is 1. The lowest BCUT2D eigenvalue weighted by molar-refractivity contribution is 0.550. The fraction of sp³-hybridized carbons (Fsp3) is 0.857. The molecular weight excluding hydrogens is 162 g/mol. The van der Waals surface area contributed by atoms with Gasteiger partial charge in [0.1, 0.15) is 0 Å². The van der Waals surface area contributed by atoms with E-state index in [1.807, 2.05) is 6.07 Å². The maximum Gasteiger partial charge on any atom is 0.150 e.